The number of carbonyl (C=O) groups excluding carboxylic acids is 2. The molecule has 2 aromatic rings. The van der Waals surface area contributed by atoms with E-state index in [9.17, 15) is 9.59 Å². The second-order valence-electron chi connectivity index (χ2n) is 3.78. The van der Waals surface area contributed by atoms with Crippen molar-refractivity contribution in [3.05, 3.63) is 30.3 Å². The van der Waals surface area contributed by atoms with E-state index in [1.807, 2.05) is 24.3 Å². The summed E-state index contributed by atoms with van der Waals surface area (Å²) >= 11 is 0. The van der Waals surface area contributed by atoms with Crippen LogP contribution in [0.3, 0.4) is 0 Å². The van der Waals surface area contributed by atoms with Gasteiger partial charge < -0.3 is 11.1 Å². The van der Waals surface area contributed by atoms with Crippen LogP contribution in [-0.2, 0) is 9.59 Å². The number of nitrogens with two attached hydrogens (primary N) is 1. The maximum atomic E-state index is 11.3. The first-order valence-corrected chi connectivity index (χ1v) is 5.05. The van der Waals surface area contributed by atoms with Crippen molar-refractivity contribution in [2.75, 3.05) is 11.1 Å². The summed E-state index contributed by atoms with van der Waals surface area (Å²) in [6.07, 6.45) is 0. The van der Waals surface area contributed by atoms with E-state index in [4.69, 9.17) is 5.73 Å². The third-order valence-electron chi connectivity index (χ3n) is 2.71. The minimum absolute atomic E-state index is 0.408. The fourth-order valence-corrected chi connectivity index (χ4v) is 1.93. The van der Waals surface area contributed by atoms with Crippen molar-refractivity contribution >= 4 is 39.6 Å². The summed E-state index contributed by atoms with van der Waals surface area (Å²) in [5.74, 6) is -1.51. The molecule has 3 rings (SSSR count). The second kappa shape index (κ2) is 3.21. The van der Waals surface area contributed by atoms with Crippen LogP contribution < -0.4 is 16.4 Å². The van der Waals surface area contributed by atoms with E-state index in [1.165, 1.54) is 0 Å². The number of hydrogen-bond acceptors (Lipinski definition) is 3. The standard InChI is InChI=1S/C12H8N3O2/c13-8-5-9-10(15-12(17)11(16)14-9)7-4-2-1-3-6(7)8/h1-5H,13H2,(H,15,17). The Balaban J connectivity index is 2.36. The van der Waals surface area contributed by atoms with Crippen molar-refractivity contribution in [1.29, 1.82) is 0 Å². The van der Waals surface area contributed by atoms with Gasteiger partial charge >= 0.3 is 11.8 Å². The van der Waals surface area contributed by atoms with E-state index < -0.39 is 11.8 Å². The van der Waals surface area contributed by atoms with Crippen molar-refractivity contribution in [1.82, 2.24) is 5.32 Å². The van der Waals surface area contributed by atoms with E-state index in [1.54, 1.807) is 6.07 Å². The van der Waals surface area contributed by atoms with Crippen LogP contribution in [0.5, 0.6) is 0 Å². The summed E-state index contributed by atoms with van der Waals surface area (Å²) in [6.45, 7) is 0. The second-order valence-corrected chi connectivity index (χ2v) is 3.78. The van der Waals surface area contributed by atoms with Crippen LogP contribution in [0, 0.1) is 0 Å². The highest BCUT2D eigenvalue weighted by atomic mass is 16.2. The van der Waals surface area contributed by atoms with E-state index in [-0.39, 0.29) is 0 Å². The highest BCUT2D eigenvalue weighted by Gasteiger charge is 2.26. The van der Waals surface area contributed by atoms with Gasteiger partial charge in [0.2, 0.25) is 0 Å². The molecule has 1 aliphatic heterocycles. The number of benzene rings is 2. The zero-order chi connectivity index (χ0) is 12.0. The smallest absolute Gasteiger partial charge is 0.335 e. The Morgan fingerprint density at radius 2 is 1.82 bits per heavy atom. The largest absolute Gasteiger partial charge is 0.398 e. The average Bonchev–Trinajstić information content (AvgIpc) is 2.32. The van der Waals surface area contributed by atoms with Crippen LogP contribution in [0.2, 0.25) is 0 Å². The summed E-state index contributed by atoms with van der Waals surface area (Å²) < 4.78 is 0. The van der Waals surface area contributed by atoms with Gasteiger partial charge in [-0.1, -0.05) is 24.3 Å². The lowest BCUT2D eigenvalue weighted by molar-refractivity contribution is -0.135. The van der Waals surface area contributed by atoms with Crippen molar-refractivity contribution in [2.24, 2.45) is 0 Å². The van der Waals surface area contributed by atoms with Crippen molar-refractivity contribution in [3.63, 3.8) is 0 Å². The normalized spacial score (nSPS) is 14.1. The molecule has 2 aromatic carbocycles. The molecule has 0 bridgehead atoms. The van der Waals surface area contributed by atoms with Crippen molar-refractivity contribution in [2.45, 2.75) is 0 Å². The van der Waals surface area contributed by atoms with Gasteiger partial charge in [0.1, 0.15) is 0 Å². The molecule has 1 heterocycles. The van der Waals surface area contributed by atoms with Gasteiger partial charge in [-0.15, -0.1) is 0 Å². The number of anilines is 2. The number of carbonyl (C=O) groups is 2. The molecular formula is C12H8N3O2. The van der Waals surface area contributed by atoms with Gasteiger partial charge in [-0.3, -0.25) is 9.59 Å². The minimum Gasteiger partial charge on any atom is -0.398 e. The maximum Gasteiger partial charge on any atom is 0.335 e. The average molecular weight is 226 g/mol. The molecule has 0 unspecified atom stereocenters. The van der Waals surface area contributed by atoms with Crippen LogP contribution in [-0.4, -0.2) is 11.8 Å². The SMILES string of the molecule is Nc1cc2c(c3ccccc13)NC(=O)C(=O)[N]2. The number of nitrogen functional groups attached to an aromatic ring is 1. The summed E-state index contributed by atoms with van der Waals surface area (Å²) in [5.41, 5.74) is 7.36. The van der Waals surface area contributed by atoms with Crippen molar-refractivity contribution in [3.8, 4) is 0 Å². The van der Waals surface area contributed by atoms with Gasteiger partial charge in [0.15, 0.2) is 0 Å². The highest BCUT2D eigenvalue weighted by molar-refractivity contribution is 6.43. The van der Waals surface area contributed by atoms with Crippen LogP contribution >= 0.6 is 0 Å². The van der Waals surface area contributed by atoms with Crippen LogP contribution in [0.1, 0.15) is 0 Å². The number of nitrogens with one attached hydrogen (secondary N) is 1. The lowest BCUT2D eigenvalue weighted by atomic mass is 10.0. The Kier molecular flexibility index (Phi) is 1.82. The van der Waals surface area contributed by atoms with Gasteiger partial charge in [-0.25, -0.2) is 5.32 Å². The fraction of sp³-hybridized carbons (Fsp3) is 0. The molecule has 0 spiro atoms. The van der Waals surface area contributed by atoms with Crippen LogP contribution in [0.25, 0.3) is 10.8 Å². The molecule has 0 saturated heterocycles. The maximum absolute atomic E-state index is 11.3. The van der Waals surface area contributed by atoms with E-state index in [2.05, 4.69) is 10.6 Å². The molecular weight excluding hydrogens is 218 g/mol. The van der Waals surface area contributed by atoms with Crippen LogP contribution in [0.15, 0.2) is 30.3 Å². The molecule has 1 aliphatic rings. The molecule has 0 atom stereocenters. The Morgan fingerprint density at radius 1 is 1.12 bits per heavy atom. The predicted octanol–water partition coefficient (Wildman–Crippen LogP) is 1.14. The molecule has 2 amide bonds. The zero-order valence-corrected chi connectivity index (χ0v) is 8.73. The molecule has 17 heavy (non-hydrogen) atoms. The Hall–Kier alpha value is -2.56. The Bertz CT molecular complexity index is 664. The molecule has 5 nitrogen and oxygen atoms in total. The third-order valence-corrected chi connectivity index (χ3v) is 2.71. The van der Waals surface area contributed by atoms with Gasteiger partial charge in [0.05, 0.1) is 11.4 Å². The number of amides is 2. The number of fused-ring (bicyclic) bond motifs is 3. The first-order chi connectivity index (χ1) is 8.16. The Morgan fingerprint density at radius 3 is 2.59 bits per heavy atom. The molecule has 83 valence electrons. The predicted molar refractivity (Wildman–Crippen MR) is 63.8 cm³/mol. The topological polar surface area (TPSA) is 86.3 Å². The quantitative estimate of drug-likeness (QED) is 0.521. The molecule has 0 aliphatic carbocycles. The summed E-state index contributed by atoms with van der Waals surface area (Å²) in [5, 5.41) is 7.86. The monoisotopic (exact) mass is 226 g/mol. The molecule has 0 saturated carbocycles. The number of rotatable bonds is 0. The van der Waals surface area contributed by atoms with Gasteiger partial charge in [0.25, 0.3) is 0 Å². The van der Waals surface area contributed by atoms with E-state index >= 15 is 0 Å². The van der Waals surface area contributed by atoms with Gasteiger partial charge in [-0.2, -0.15) is 0 Å². The van der Waals surface area contributed by atoms with Gasteiger partial charge in [0, 0.05) is 16.5 Å². The van der Waals surface area contributed by atoms with Crippen LogP contribution in [0.4, 0.5) is 17.1 Å². The zero-order valence-electron chi connectivity index (χ0n) is 8.73. The first-order valence-electron chi connectivity index (χ1n) is 5.05. The summed E-state index contributed by atoms with van der Waals surface area (Å²) in [7, 11) is 0. The number of hydrogen-bond donors (Lipinski definition) is 2. The molecule has 1 radical (unpaired) electrons. The molecule has 5 heteroatoms. The first kappa shape index (κ1) is 9.65. The molecule has 0 fully saturated rings. The highest BCUT2D eigenvalue weighted by Crippen LogP contribution is 2.37. The van der Waals surface area contributed by atoms with Gasteiger partial charge in [-0.05, 0) is 6.07 Å². The minimum atomic E-state index is -0.799. The molecule has 3 N–H and O–H groups in total. The van der Waals surface area contributed by atoms with E-state index in [0.717, 1.165) is 10.8 Å². The lowest BCUT2D eigenvalue weighted by Crippen LogP contribution is -2.33. The summed E-state index contributed by atoms with van der Waals surface area (Å²) in [4.78, 5) is 22.5. The molecule has 0 aromatic heterocycles. The third kappa shape index (κ3) is 1.32. The number of nitrogens with zero attached hydrogens (tertiary/aromatic N) is 1. The van der Waals surface area contributed by atoms with E-state index in [0.29, 0.717) is 17.1 Å². The fourth-order valence-electron chi connectivity index (χ4n) is 1.93. The van der Waals surface area contributed by atoms with Crippen molar-refractivity contribution < 1.29 is 9.59 Å². The Labute approximate surface area is 96.6 Å². The summed E-state index contributed by atoms with van der Waals surface area (Å²) in [6, 6.07) is 8.97. The lowest BCUT2D eigenvalue weighted by Gasteiger charge is -2.18.